The van der Waals surface area contributed by atoms with Crippen LogP contribution in [0.1, 0.15) is 90.6 Å². The maximum absolute atomic E-state index is 14.3. The summed E-state index contributed by atoms with van der Waals surface area (Å²) in [5.74, 6) is 0.237. The minimum absolute atomic E-state index is 0.0290. The highest BCUT2D eigenvalue weighted by atomic mass is 16.5. The Bertz CT molecular complexity index is 1580. The molecule has 2 saturated heterocycles. The van der Waals surface area contributed by atoms with Crippen molar-refractivity contribution >= 4 is 28.7 Å². The number of piperidine rings is 1. The number of hydrogen-bond donors (Lipinski definition) is 4. The lowest BCUT2D eigenvalue weighted by Gasteiger charge is -2.36. The van der Waals surface area contributed by atoms with E-state index in [1.807, 2.05) is 63.2 Å². The Balaban J connectivity index is 1.22. The summed E-state index contributed by atoms with van der Waals surface area (Å²) in [7, 11) is 0. The molecule has 1 unspecified atom stereocenters. The number of rotatable bonds is 11. The van der Waals surface area contributed by atoms with Gasteiger partial charge in [0.1, 0.15) is 17.2 Å². The molecule has 4 N–H and O–H groups in total. The Hall–Kier alpha value is -3.69. The van der Waals surface area contributed by atoms with Crippen LogP contribution in [0, 0.1) is 32.6 Å². The predicted molar refractivity (Wildman–Crippen MR) is 187 cm³/mol. The minimum Gasteiger partial charge on any atom is -0.451 e. The molecule has 1 aliphatic carbocycles. The topological polar surface area (TPSA) is 122 Å². The second kappa shape index (κ2) is 15.2. The molecule has 3 aromatic rings. The molecule has 48 heavy (non-hydrogen) atoms. The van der Waals surface area contributed by atoms with Gasteiger partial charge in [-0.15, -0.1) is 0 Å². The van der Waals surface area contributed by atoms with E-state index in [1.54, 1.807) is 0 Å². The van der Waals surface area contributed by atoms with Gasteiger partial charge >= 0.3 is 0 Å². The molecular weight excluding hydrogens is 604 g/mol. The van der Waals surface area contributed by atoms with E-state index in [1.165, 1.54) is 0 Å². The quantitative estimate of drug-likeness (QED) is 0.219. The second-order valence-corrected chi connectivity index (χ2v) is 14.4. The minimum atomic E-state index is -1.12. The molecule has 3 fully saturated rings. The number of furan rings is 1. The van der Waals surface area contributed by atoms with Crippen LogP contribution < -0.4 is 21.3 Å². The van der Waals surface area contributed by atoms with E-state index < -0.39 is 17.5 Å². The highest BCUT2D eigenvalue weighted by Crippen LogP contribution is 2.33. The molecule has 6 rings (SSSR count). The lowest BCUT2D eigenvalue weighted by molar-refractivity contribution is -0.133. The summed E-state index contributed by atoms with van der Waals surface area (Å²) in [6.45, 7) is 9.38. The van der Waals surface area contributed by atoms with Crippen LogP contribution in [0.3, 0.4) is 0 Å². The Kier molecular flexibility index (Phi) is 10.9. The van der Waals surface area contributed by atoms with Crippen molar-refractivity contribution in [3.8, 4) is 0 Å². The lowest BCUT2D eigenvalue weighted by atomic mass is 9.82. The van der Waals surface area contributed by atoms with E-state index in [2.05, 4.69) is 21.3 Å². The molecule has 2 aromatic carbocycles. The van der Waals surface area contributed by atoms with Gasteiger partial charge in [-0.1, -0.05) is 43.2 Å². The molecule has 1 aromatic heterocycles. The zero-order valence-corrected chi connectivity index (χ0v) is 28.8. The molecule has 9 nitrogen and oxygen atoms in total. The van der Waals surface area contributed by atoms with Crippen LogP contribution in [0.15, 0.2) is 46.9 Å². The first kappa shape index (κ1) is 34.2. The van der Waals surface area contributed by atoms with E-state index in [9.17, 15) is 14.4 Å². The van der Waals surface area contributed by atoms with Crippen molar-refractivity contribution in [2.45, 2.75) is 103 Å². The highest BCUT2D eigenvalue weighted by molar-refractivity contribution is 6.03. The first-order valence-corrected chi connectivity index (χ1v) is 18.0. The largest absolute Gasteiger partial charge is 0.451 e. The van der Waals surface area contributed by atoms with Crippen molar-refractivity contribution in [2.24, 2.45) is 11.8 Å². The third-order valence-corrected chi connectivity index (χ3v) is 11.1. The molecule has 2 aliphatic heterocycles. The zero-order chi connectivity index (χ0) is 33.7. The summed E-state index contributed by atoms with van der Waals surface area (Å²) in [6.07, 6.45) is 7.95. The third-order valence-electron chi connectivity index (χ3n) is 11.1. The lowest BCUT2D eigenvalue weighted by Crippen LogP contribution is -2.62. The van der Waals surface area contributed by atoms with Crippen LogP contribution in [-0.4, -0.2) is 61.6 Å². The van der Waals surface area contributed by atoms with E-state index in [0.717, 1.165) is 98.9 Å². The van der Waals surface area contributed by atoms with Crippen molar-refractivity contribution in [1.29, 1.82) is 0 Å². The van der Waals surface area contributed by atoms with Crippen molar-refractivity contribution in [3.63, 3.8) is 0 Å². The van der Waals surface area contributed by atoms with Gasteiger partial charge in [-0.3, -0.25) is 14.4 Å². The molecule has 258 valence electrons. The van der Waals surface area contributed by atoms with Gasteiger partial charge in [0.2, 0.25) is 11.8 Å². The zero-order valence-electron chi connectivity index (χ0n) is 28.8. The SMILES string of the molecule is Cc1cc2oc(C(=O)NC3(C(=O)NC(Cc4ccccc4)C(=O)N[C@H](CC4CCOCC4)C4CCNCC4)CCCC3)c(C)c2cc1C. The number of aryl methyl sites for hydroxylation is 3. The molecule has 3 aliphatic rings. The number of nitrogens with one attached hydrogen (secondary N) is 4. The molecule has 9 heteroatoms. The van der Waals surface area contributed by atoms with Crippen molar-refractivity contribution in [2.75, 3.05) is 26.3 Å². The van der Waals surface area contributed by atoms with Gasteiger partial charge in [0.05, 0.1) is 0 Å². The average molecular weight is 657 g/mol. The summed E-state index contributed by atoms with van der Waals surface area (Å²) in [6, 6.07) is 13.1. The monoisotopic (exact) mass is 656 g/mol. The van der Waals surface area contributed by atoms with E-state index in [0.29, 0.717) is 36.7 Å². The first-order valence-electron chi connectivity index (χ1n) is 18.0. The number of benzene rings is 2. The van der Waals surface area contributed by atoms with Crippen molar-refractivity contribution in [1.82, 2.24) is 21.3 Å². The molecule has 0 spiro atoms. The molecule has 2 atom stereocenters. The van der Waals surface area contributed by atoms with Crippen LogP contribution in [0.5, 0.6) is 0 Å². The summed E-state index contributed by atoms with van der Waals surface area (Å²) in [5.41, 5.74) is 3.48. The average Bonchev–Trinajstić information content (AvgIpc) is 3.70. The van der Waals surface area contributed by atoms with Crippen LogP contribution in [0.25, 0.3) is 11.0 Å². The van der Waals surface area contributed by atoms with E-state index in [4.69, 9.17) is 9.15 Å². The molecule has 3 heterocycles. The Morgan fingerprint density at radius 2 is 1.60 bits per heavy atom. The van der Waals surface area contributed by atoms with Gasteiger partial charge in [-0.25, -0.2) is 0 Å². The van der Waals surface area contributed by atoms with Gasteiger partial charge in [0.15, 0.2) is 5.76 Å². The van der Waals surface area contributed by atoms with Crippen LogP contribution in [0.2, 0.25) is 0 Å². The number of hydrogen-bond acceptors (Lipinski definition) is 6. The Morgan fingerprint density at radius 1 is 0.917 bits per heavy atom. The number of ether oxygens (including phenoxy) is 1. The smallest absolute Gasteiger partial charge is 0.288 e. The third kappa shape index (κ3) is 7.78. The molecule has 0 bridgehead atoms. The van der Waals surface area contributed by atoms with Crippen molar-refractivity contribution in [3.05, 3.63) is 70.5 Å². The number of carbonyl (C=O) groups is 3. The summed E-state index contributed by atoms with van der Waals surface area (Å²) >= 11 is 0. The highest BCUT2D eigenvalue weighted by Gasteiger charge is 2.45. The maximum Gasteiger partial charge on any atom is 0.288 e. The second-order valence-electron chi connectivity index (χ2n) is 14.4. The molecular formula is C39H52N4O5. The number of carbonyl (C=O) groups excluding carboxylic acids is 3. The fraction of sp³-hybridized carbons (Fsp3) is 0.564. The Morgan fingerprint density at radius 3 is 2.31 bits per heavy atom. The number of amides is 3. The maximum atomic E-state index is 14.3. The van der Waals surface area contributed by atoms with E-state index in [-0.39, 0.29) is 23.6 Å². The normalized spacial score (nSPS) is 19.9. The van der Waals surface area contributed by atoms with E-state index >= 15 is 0 Å². The van der Waals surface area contributed by atoms with Crippen LogP contribution in [0.4, 0.5) is 0 Å². The fourth-order valence-corrected chi connectivity index (χ4v) is 7.95. The van der Waals surface area contributed by atoms with Crippen LogP contribution in [-0.2, 0) is 20.7 Å². The Labute approximate surface area is 284 Å². The summed E-state index contributed by atoms with van der Waals surface area (Å²) < 4.78 is 11.7. The van der Waals surface area contributed by atoms with Gasteiger partial charge in [0, 0.05) is 36.6 Å². The number of fused-ring (bicyclic) bond motifs is 1. The molecule has 1 saturated carbocycles. The van der Waals surface area contributed by atoms with Gasteiger partial charge in [0.25, 0.3) is 5.91 Å². The summed E-state index contributed by atoms with van der Waals surface area (Å²) in [4.78, 5) is 42.4. The van der Waals surface area contributed by atoms with Gasteiger partial charge in [-0.05, 0) is 119 Å². The predicted octanol–water partition coefficient (Wildman–Crippen LogP) is 5.43. The first-order chi connectivity index (χ1) is 23.2. The summed E-state index contributed by atoms with van der Waals surface area (Å²) in [5, 5.41) is 14.0. The van der Waals surface area contributed by atoms with Gasteiger partial charge < -0.3 is 30.4 Å². The molecule has 0 radical (unpaired) electrons. The van der Waals surface area contributed by atoms with Gasteiger partial charge in [-0.2, -0.15) is 0 Å². The molecule has 3 amide bonds. The van der Waals surface area contributed by atoms with Crippen LogP contribution >= 0.6 is 0 Å². The van der Waals surface area contributed by atoms with Crippen molar-refractivity contribution < 1.29 is 23.5 Å². The fourth-order valence-electron chi connectivity index (χ4n) is 7.95. The standard InChI is InChI=1S/C39H52N4O5/c1-25-21-31-27(3)35(48-34(31)22-26(25)2)37(45)43-39(15-7-8-16-39)38(46)42-33(24-28-9-5-4-6-10-28)36(44)41-32(30-11-17-40-18-12-30)23-29-13-19-47-20-14-29/h4-6,9-10,21-22,29-30,32-33,40H,7-8,11-20,23-24H2,1-3H3,(H,41,44)(H,42,46)(H,43,45)/t32-,33?/m1/s1.